The molecular formula is C12H17BF2N2O2. The third-order valence-corrected chi connectivity index (χ3v) is 4.27. The van der Waals surface area contributed by atoms with Gasteiger partial charge in [0, 0.05) is 12.6 Å². The monoisotopic (exact) mass is 270 g/mol. The van der Waals surface area contributed by atoms with Gasteiger partial charge in [0.1, 0.15) is 6.04 Å². The first-order valence-electron chi connectivity index (χ1n) is 6.39. The molecule has 1 saturated heterocycles. The number of nitrogens with zero attached hydrogens (tertiary/aromatic N) is 2. The van der Waals surface area contributed by atoms with Crippen LogP contribution in [0.15, 0.2) is 12.5 Å². The van der Waals surface area contributed by atoms with Crippen molar-refractivity contribution < 1.29 is 18.1 Å². The molecule has 0 N–H and O–H groups in total. The lowest BCUT2D eigenvalue weighted by molar-refractivity contribution is 0.00578. The van der Waals surface area contributed by atoms with E-state index in [1.54, 1.807) is 6.20 Å². The van der Waals surface area contributed by atoms with Gasteiger partial charge in [0.2, 0.25) is 0 Å². The van der Waals surface area contributed by atoms with Crippen LogP contribution in [0.5, 0.6) is 0 Å². The van der Waals surface area contributed by atoms with Crippen molar-refractivity contribution in [2.24, 2.45) is 0 Å². The lowest BCUT2D eigenvalue weighted by Gasteiger charge is -2.32. The first-order chi connectivity index (χ1) is 8.62. The molecular weight excluding hydrogens is 253 g/mol. The van der Waals surface area contributed by atoms with E-state index >= 15 is 0 Å². The summed E-state index contributed by atoms with van der Waals surface area (Å²) in [6.07, 6.45) is 2.89. The van der Waals surface area contributed by atoms with E-state index in [1.165, 1.54) is 10.9 Å². The van der Waals surface area contributed by atoms with Crippen LogP contribution in [0, 0.1) is 0 Å². The van der Waals surface area contributed by atoms with Gasteiger partial charge in [-0.25, -0.2) is 13.8 Å². The fourth-order valence-electron chi connectivity index (χ4n) is 2.13. The topological polar surface area (TPSA) is 36.3 Å². The second-order valence-corrected chi connectivity index (χ2v) is 6.31. The van der Waals surface area contributed by atoms with E-state index in [4.69, 9.17) is 9.31 Å². The highest BCUT2D eigenvalue weighted by Gasteiger charge is 2.59. The summed E-state index contributed by atoms with van der Waals surface area (Å²) in [7, 11) is -0.598. The van der Waals surface area contributed by atoms with Gasteiger partial charge in [0.05, 0.1) is 23.1 Å². The summed E-state index contributed by atoms with van der Waals surface area (Å²) in [5, 5.41) is 0. The molecule has 4 nitrogen and oxygen atoms in total. The molecule has 0 spiro atoms. The molecule has 1 aromatic rings. The number of hydrogen-bond acceptors (Lipinski definition) is 3. The van der Waals surface area contributed by atoms with Gasteiger partial charge in [0.25, 0.3) is 5.92 Å². The summed E-state index contributed by atoms with van der Waals surface area (Å²) in [4.78, 5) is 4.14. The molecule has 0 aromatic carbocycles. The molecule has 1 unspecified atom stereocenters. The molecule has 0 radical (unpaired) electrons. The Morgan fingerprint density at radius 2 is 1.79 bits per heavy atom. The van der Waals surface area contributed by atoms with Crippen molar-refractivity contribution >= 4 is 12.7 Å². The molecule has 2 heterocycles. The molecule has 1 aromatic heterocycles. The maximum atomic E-state index is 13.0. The van der Waals surface area contributed by atoms with Crippen molar-refractivity contribution in [2.45, 2.75) is 57.3 Å². The second-order valence-electron chi connectivity index (χ2n) is 6.31. The maximum absolute atomic E-state index is 13.0. The Morgan fingerprint density at radius 3 is 2.26 bits per heavy atom. The third-order valence-electron chi connectivity index (χ3n) is 4.27. The van der Waals surface area contributed by atoms with Gasteiger partial charge in [-0.1, -0.05) is 0 Å². The minimum absolute atomic E-state index is 0.119. The average Bonchev–Trinajstić information content (AvgIpc) is 2.65. The van der Waals surface area contributed by atoms with Crippen LogP contribution in [0.4, 0.5) is 8.78 Å². The summed E-state index contributed by atoms with van der Waals surface area (Å²) in [6, 6.07) is -0.767. The minimum atomic E-state index is -2.60. The number of alkyl halides is 2. The van der Waals surface area contributed by atoms with E-state index < -0.39 is 30.3 Å². The Labute approximate surface area is 111 Å². The molecule has 7 heteroatoms. The van der Waals surface area contributed by atoms with Gasteiger partial charge in [-0.15, -0.1) is 0 Å². The predicted molar refractivity (Wildman–Crippen MR) is 66.5 cm³/mol. The van der Waals surface area contributed by atoms with E-state index in [0.29, 0.717) is 5.59 Å². The number of hydrogen-bond donors (Lipinski definition) is 0. The van der Waals surface area contributed by atoms with Crippen molar-refractivity contribution in [3.63, 3.8) is 0 Å². The van der Waals surface area contributed by atoms with E-state index in [-0.39, 0.29) is 6.42 Å². The van der Waals surface area contributed by atoms with Gasteiger partial charge in [-0.05, 0) is 27.7 Å². The van der Waals surface area contributed by atoms with Crippen molar-refractivity contribution in [1.29, 1.82) is 0 Å². The Morgan fingerprint density at radius 1 is 1.26 bits per heavy atom. The lowest BCUT2D eigenvalue weighted by Crippen LogP contribution is -2.41. The SMILES string of the molecule is CC1(C)OB(c2cn(C3CC3(F)F)cn2)OC1(C)C. The molecule has 3 rings (SSSR count). The van der Waals surface area contributed by atoms with E-state index in [0.717, 1.165) is 0 Å². The van der Waals surface area contributed by atoms with Crippen molar-refractivity contribution in [1.82, 2.24) is 9.55 Å². The summed E-state index contributed by atoms with van der Waals surface area (Å²) in [5.41, 5.74) is -0.364. The smallest absolute Gasteiger partial charge is 0.398 e. The first-order valence-corrected chi connectivity index (χ1v) is 6.39. The minimum Gasteiger partial charge on any atom is -0.398 e. The zero-order chi connectivity index (χ0) is 14.1. The zero-order valence-corrected chi connectivity index (χ0v) is 11.5. The lowest BCUT2D eigenvalue weighted by atomic mass is 9.86. The van der Waals surface area contributed by atoms with Crippen molar-refractivity contribution in [3.8, 4) is 0 Å². The summed E-state index contributed by atoms with van der Waals surface area (Å²) >= 11 is 0. The Balaban J connectivity index is 1.78. The van der Waals surface area contributed by atoms with Crippen LogP contribution in [-0.4, -0.2) is 33.8 Å². The number of rotatable bonds is 2. The van der Waals surface area contributed by atoms with Gasteiger partial charge in [-0.2, -0.15) is 0 Å². The Bertz CT molecular complexity index is 500. The van der Waals surface area contributed by atoms with Gasteiger partial charge in [0.15, 0.2) is 0 Å². The Hall–Kier alpha value is -0.945. The third kappa shape index (κ3) is 1.99. The molecule has 0 amide bonds. The van der Waals surface area contributed by atoms with Crippen LogP contribution in [0.1, 0.15) is 40.2 Å². The molecule has 0 bridgehead atoms. The van der Waals surface area contributed by atoms with Crippen LogP contribution in [0.2, 0.25) is 0 Å². The molecule has 19 heavy (non-hydrogen) atoms. The fourth-order valence-corrected chi connectivity index (χ4v) is 2.13. The highest BCUT2D eigenvalue weighted by atomic mass is 19.3. The highest BCUT2D eigenvalue weighted by Crippen LogP contribution is 2.52. The van der Waals surface area contributed by atoms with Gasteiger partial charge in [-0.3, -0.25) is 0 Å². The molecule has 1 atom stereocenters. The van der Waals surface area contributed by atoms with Crippen LogP contribution < -0.4 is 5.59 Å². The summed E-state index contributed by atoms with van der Waals surface area (Å²) in [5.74, 6) is -2.60. The van der Waals surface area contributed by atoms with E-state index in [1.807, 2.05) is 27.7 Å². The quantitative estimate of drug-likeness (QED) is 0.768. The van der Waals surface area contributed by atoms with E-state index in [9.17, 15) is 8.78 Å². The number of halogens is 2. The zero-order valence-electron chi connectivity index (χ0n) is 11.5. The van der Waals surface area contributed by atoms with Crippen molar-refractivity contribution in [2.75, 3.05) is 0 Å². The van der Waals surface area contributed by atoms with Crippen LogP contribution >= 0.6 is 0 Å². The van der Waals surface area contributed by atoms with Gasteiger partial charge >= 0.3 is 7.12 Å². The van der Waals surface area contributed by atoms with Crippen LogP contribution in [0.25, 0.3) is 0 Å². The Kier molecular flexibility index (Phi) is 2.46. The molecule has 2 aliphatic rings. The summed E-state index contributed by atoms with van der Waals surface area (Å²) < 4.78 is 39.1. The van der Waals surface area contributed by atoms with E-state index in [2.05, 4.69) is 4.98 Å². The maximum Gasteiger partial charge on any atom is 0.516 e. The molecule has 2 fully saturated rings. The van der Waals surface area contributed by atoms with Crippen molar-refractivity contribution in [3.05, 3.63) is 12.5 Å². The standard InChI is InChI=1S/C12H17BF2N2O2/c1-10(2)11(3,4)19-13(18-10)9-6-17(7-16-9)8-5-12(8,14)15/h6-8H,5H2,1-4H3. The first kappa shape index (κ1) is 13.1. The normalized spacial score (nSPS) is 30.6. The summed E-state index contributed by atoms with van der Waals surface area (Å²) in [6.45, 7) is 7.77. The molecule has 1 saturated carbocycles. The number of imidazole rings is 1. The predicted octanol–water partition coefficient (Wildman–Crippen LogP) is 1.76. The highest BCUT2D eigenvalue weighted by molar-refractivity contribution is 6.61. The van der Waals surface area contributed by atoms with Crippen LogP contribution in [0.3, 0.4) is 0 Å². The average molecular weight is 270 g/mol. The largest absolute Gasteiger partial charge is 0.516 e. The fraction of sp³-hybridized carbons (Fsp3) is 0.750. The molecule has 104 valence electrons. The second kappa shape index (κ2) is 3.58. The van der Waals surface area contributed by atoms with Crippen LogP contribution in [-0.2, 0) is 9.31 Å². The molecule has 1 aliphatic heterocycles. The molecule has 1 aliphatic carbocycles. The van der Waals surface area contributed by atoms with Gasteiger partial charge < -0.3 is 13.9 Å². The number of aromatic nitrogens is 2.